The predicted molar refractivity (Wildman–Crippen MR) is 70.3 cm³/mol. The van der Waals surface area contributed by atoms with Crippen molar-refractivity contribution in [2.24, 2.45) is 11.8 Å². The number of nitrogens with two attached hydrogens (primary N) is 1. The van der Waals surface area contributed by atoms with Gasteiger partial charge in [0, 0.05) is 16.6 Å². The zero-order chi connectivity index (χ0) is 12.8. The Morgan fingerprint density at radius 1 is 1.35 bits per heavy atom. The van der Waals surface area contributed by atoms with Crippen molar-refractivity contribution in [2.45, 2.75) is 39.2 Å². The average Bonchev–Trinajstić information content (AvgIpc) is 2.33. The maximum Gasteiger partial charge on any atom is 0.127 e. The van der Waals surface area contributed by atoms with Gasteiger partial charge in [-0.15, -0.1) is 0 Å². The molecule has 0 spiro atoms. The smallest absolute Gasteiger partial charge is 0.127 e. The molecule has 1 atom stereocenters. The van der Waals surface area contributed by atoms with Gasteiger partial charge in [-0.1, -0.05) is 44.4 Å². The number of hydrazine groups is 1. The maximum atomic E-state index is 13.7. The fourth-order valence-corrected chi connectivity index (χ4v) is 2.41. The molecule has 2 nitrogen and oxygen atoms in total. The molecule has 0 radical (unpaired) electrons. The zero-order valence-electron chi connectivity index (χ0n) is 10.3. The molecule has 0 aliphatic carbocycles. The normalized spacial score (nSPS) is 13.1. The van der Waals surface area contributed by atoms with Crippen molar-refractivity contribution in [3.8, 4) is 0 Å². The number of hydrogen-bond acceptors (Lipinski definition) is 2. The Hall–Kier alpha value is -0.640. The minimum atomic E-state index is -0.260. The summed E-state index contributed by atoms with van der Waals surface area (Å²) in [5.41, 5.74) is 3.33. The second kappa shape index (κ2) is 6.94. The minimum absolute atomic E-state index is 0.0550. The standard InChI is InChI=1S/C13H20ClFN2/c1-3-9(4-2)13(17-16)8-10-11(14)6-5-7-12(10)15/h5-7,9,13,17H,3-4,8,16H2,1-2H3. The quantitative estimate of drug-likeness (QED) is 0.607. The first-order chi connectivity index (χ1) is 8.13. The van der Waals surface area contributed by atoms with Crippen LogP contribution in [0.1, 0.15) is 32.3 Å². The highest BCUT2D eigenvalue weighted by molar-refractivity contribution is 6.31. The van der Waals surface area contributed by atoms with E-state index in [2.05, 4.69) is 19.3 Å². The van der Waals surface area contributed by atoms with Crippen LogP contribution in [0.2, 0.25) is 5.02 Å². The molecule has 0 saturated carbocycles. The zero-order valence-corrected chi connectivity index (χ0v) is 11.1. The lowest BCUT2D eigenvalue weighted by atomic mass is 9.90. The Bertz CT molecular complexity index is 333. The Morgan fingerprint density at radius 3 is 2.47 bits per heavy atom. The molecule has 1 aromatic rings. The number of halogens is 2. The van der Waals surface area contributed by atoms with Crippen LogP contribution in [0.3, 0.4) is 0 Å². The van der Waals surface area contributed by atoms with Gasteiger partial charge < -0.3 is 0 Å². The first-order valence-corrected chi connectivity index (χ1v) is 6.40. The third kappa shape index (κ3) is 3.66. The van der Waals surface area contributed by atoms with E-state index in [1.165, 1.54) is 6.07 Å². The number of benzene rings is 1. The summed E-state index contributed by atoms with van der Waals surface area (Å²) in [5.74, 6) is 5.72. The highest BCUT2D eigenvalue weighted by Crippen LogP contribution is 2.24. The van der Waals surface area contributed by atoms with Gasteiger partial charge in [0.05, 0.1) is 0 Å². The Balaban J connectivity index is 2.87. The molecule has 1 rings (SSSR count). The van der Waals surface area contributed by atoms with E-state index in [1.807, 2.05) is 0 Å². The van der Waals surface area contributed by atoms with Gasteiger partial charge in [-0.05, 0) is 24.5 Å². The summed E-state index contributed by atoms with van der Waals surface area (Å²) in [4.78, 5) is 0. The van der Waals surface area contributed by atoms with Gasteiger partial charge in [-0.2, -0.15) is 0 Å². The van der Waals surface area contributed by atoms with Crippen LogP contribution >= 0.6 is 11.6 Å². The fraction of sp³-hybridized carbons (Fsp3) is 0.538. The van der Waals surface area contributed by atoms with Crippen molar-refractivity contribution >= 4 is 11.6 Å². The van der Waals surface area contributed by atoms with Crippen LogP contribution in [0.4, 0.5) is 4.39 Å². The van der Waals surface area contributed by atoms with Gasteiger partial charge in [-0.3, -0.25) is 11.3 Å². The number of nitrogens with one attached hydrogen (secondary N) is 1. The number of hydrogen-bond donors (Lipinski definition) is 2. The monoisotopic (exact) mass is 258 g/mol. The second-order valence-electron chi connectivity index (χ2n) is 4.25. The van der Waals surface area contributed by atoms with Gasteiger partial charge in [-0.25, -0.2) is 4.39 Å². The van der Waals surface area contributed by atoms with Crippen LogP contribution in [0.5, 0.6) is 0 Å². The summed E-state index contributed by atoms with van der Waals surface area (Å²) in [6, 6.07) is 4.81. The Labute approximate surface area is 107 Å². The van der Waals surface area contributed by atoms with E-state index < -0.39 is 0 Å². The van der Waals surface area contributed by atoms with Crippen LogP contribution < -0.4 is 11.3 Å². The van der Waals surface area contributed by atoms with Gasteiger partial charge >= 0.3 is 0 Å². The van der Waals surface area contributed by atoms with Crippen molar-refractivity contribution in [1.82, 2.24) is 5.43 Å². The molecule has 1 unspecified atom stereocenters. The van der Waals surface area contributed by atoms with Gasteiger partial charge in [0.2, 0.25) is 0 Å². The van der Waals surface area contributed by atoms with Crippen molar-refractivity contribution in [3.63, 3.8) is 0 Å². The average molecular weight is 259 g/mol. The second-order valence-corrected chi connectivity index (χ2v) is 4.66. The topological polar surface area (TPSA) is 38.0 Å². The minimum Gasteiger partial charge on any atom is -0.271 e. The van der Waals surface area contributed by atoms with E-state index in [9.17, 15) is 4.39 Å². The van der Waals surface area contributed by atoms with Gasteiger partial charge in [0.25, 0.3) is 0 Å². The molecule has 0 fully saturated rings. The Kier molecular flexibility index (Phi) is 5.89. The molecule has 3 N–H and O–H groups in total. The molecule has 0 amide bonds. The lowest BCUT2D eigenvalue weighted by Crippen LogP contribution is -2.42. The van der Waals surface area contributed by atoms with E-state index in [0.29, 0.717) is 22.9 Å². The van der Waals surface area contributed by atoms with Crippen molar-refractivity contribution in [1.29, 1.82) is 0 Å². The summed E-state index contributed by atoms with van der Waals surface area (Å²) >= 11 is 6.01. The van der Waals surface area contributed by atoms with E-state index in [0.717, 1.165) is 12.8 Å². The van der Waals surface area contributed by atoms with E-state index >= 15 is 0 Å². The summed E-state index contributed by atoms with van der Waals surface area (Å²) in [6.07, 6.45) is 2.54. The molecule has 0 aliphatic rings. The van der Waals surface area contributed by atoms with Crippen molar-refractivity contribution < 1.29 is 4.39 Å². The van der Waals surface area contributed by atoms with Crippen LogP contribution in [0.25, 0.3) is 0 Å². The third-order valence-corrected chi connectivity index (χ3v) is 3.67. The van der Waals surface area contributed by atoms with Crippen molar-refractivity contribution in [2.75, 3.05) is 0 Å². The molecule has 0 heterocycles. The summed E-state index contributed by atoms with van der Waals surface area (Å²) < 4.78 is 13.7. The first-order valence-electron chi connectivity index (χ1n) is 6.03. The van der Waals surface area contributed by atoms with Gasteiger partial charge in [0.15, 0.2) is 0 Å². The SMILES string of the molecule is CCC(CC)C(Cc1c(F)cccc1Cl)NN. The summed E-state index contributed by atoms with van der Waals surface area (Å²) in [6.45, 7) is 4.23. The van der Waals surface area contributed by atoms with Crippen molar-refractivity contribution in [3.05, 3.63) is 34.6 Å². The van der Waals surface area contributed by atoms with Crippen LogP contribution in [-0.4, -0.2) is 6.04 Å². The molecular formula is C13H20ClFN2. The van der Waals surface area contributed by atoms with Crippen LogP contribution in [-0.2, 0) is 6.42 Å². The largest absolute Gasteiger partial charge is 0.271 e. The van der Waals surface area contributed by atoms with Crippen LogP contribution in [0, 0.1) is 11.7 Å². The molecule has 0 bridgehead atoms. The molecule has 96 valence electrons. The molecule has 1 aromatic carbocycles. The molecule has 0 saturated heterocycles. The predicted octanol–water partition coefficient (Wildman–Crippen LogP) is 3.29. The highest BCUT2D eigenvalue weighted by atomic mass is 35.5. The van der Waals surface area contributed by atoms with E-state index in [-0.39, 0.29) is 11.9 Å². The fourth-order valence-electron chi connectivity index (χ4n) is 2.17. The summed E-state index contributed by atoms with van der Waals surface area (Å²) in [7, 11) is 0. The number of rotatable bonds is 6. The first kappa shape index (κ1) is 14.4. The van der Waals surface area contributed by atoms with E-state index in [4.69, 9.17) is 17.4 Å². The van der Waals surface area contributed by atoms with E-state index in [1.54, 1.807) is 12.1 Å². The Morgan fingerprint density at radius 2 is 2.00 bits per heavy atom. The highest BCUT2D eigenvalue weighted by Gasteiger charge is 2.20. The molecule has 17 heavy (non-hydrogen) atoms. The molecule has 0 aromatic heterocycles. The lowest BCUT2D eigenvalue weighted by molar-refractivity contribution is 0.333. The molecule has 4 heteroatoms. The molecule has 0 aliphatic heterocycles. The van der Waals surface area contributed by atoms with Gasteiger partial charge in [0.1, 0.15) is 5.82 Å². The van der Waals surface area contributed by atoms with Crippen LogP contribution in [0.15, 0.2) is 18.2 Å². The molecular weight excluding hydrogens is 239 g/mol. The third-order valence-electron chi connectivity index (χ3n) is 3.32. The lowest BCUT2D eigenvalue weighted by Gasteiger charge is -2.25. The summed E-state index contributed by atoms with van der Waals surface area (Å²) in [5, 5.41) is 0.469. The maximum absolute atomic E-state index is 13.7.